The third-order valence-electron chi connectivity index (χ3n) is 4.14. The second-order valence-electron chi connectivity index (χ2n) is 6.14. The van der Waals surface area contributed by atoms with E-state index in [2.05, 4.69) is 5.32 Å². The van der Waals surface area contributed by atoms with E-state index in [9.17, 15) is 13.2 Å². The molecule has 0 aromatic heterocycles. The van der Waals surface area contributed by atoms with Gasteiger partial charge in [0.15, 0.2) is 0 Å². The number of benzene rings is 1. The summed E-state index contributed by atoms with van der Waals surface area (Å²) in [5.41, 5.74) is -1.19. The maximum absolute atomic E-state index is 12.9. The molecule has 1 heterocycles. The van der Waals surface area contributed by atoms with Crippen LogP contribution in [0, 0.1) is 0 Å². The zero-order valence-corrected chi connectivity index (χ0v) is 12.8. The quantitative estimate of drug-likeness (QED) is 0.852. The van der Waals surface area contributed by atoms with Gasteiger partial charge in [-0.15, -0.1) is 0 Å². The highest BCUT2D eigenvalue weighted by Gasteiger charge is 2.52. The van der Waals surface area contributed by atoms with E-state index in [1.807, 2.05) is 27.7 Å². The van der Waals surface area contributed by atoms with Gasteiger partial charge in [-0.2, -0.15) is 13.2 Å². The summed E-state index contributed by atoms with van der Waals surface area (Å²) < 4.78 is 50.4. The molecule has 21 heavy (non-hydrogen) atoms. The van der Waals surface area contributed by atoms with Crippen LogP contribution in [0.4, 0.5) is 18.9 Å². The van der Waals surface area contributed by atoms with E-state index in [-0.39, 0.29) is 5.69 Å². The molecule has 0 unspecified atom stereocenters. The standard InChI is InChI=1S/C14H19BF3NO2/c1-12(2)13(3,4)21-15(20-12)9-6-7-10(14(16,17)18)11(8-9)19-5/h6-8,19H,1-5H3. The van der Waals surface area contributed by atoms with Crippen LogP contribution in [0.5, 0.6) is 0 Å². The Bertz CT molecular complexity index is 528. The van der Waals surface area contributed by atoms with Crippen LogP contribution in [0.3, 0.4) is 0 Å². The molecule has 1 aromatic carbocycles. The number of hydrogen-bond acceptors (Lipinski definition) is 3. The van der Waals surface area contributed by atoms with E-state index in [0.717, 1.165) is 6.07 Å². The molecule has 1 aliphatic rings. The topological polar surface area (TPSA) is 30.5 Å². The van der Waals surface area contributed by atoms with Crippen molar-refractivity contribution in [1.82, 2.24) is 0 Å². The largest absolute Gasteiger partial charge is 0.494 e. The highest BCUT2D eigenvalue weighted by atomic mass is 19.4. The molecule has 0 saturated carbocycles. The lowest BCUT2D eigenvalue weighted by atomic mass is 9.78. The highest BCUT2D eigenvalue weighted by molar-refractivity contribution is 6.62. The van der Waals surface area contributed by atoms with Gasteiger partial charge in [0.2, 0.25) is 0 Å². The average Bonchev–Trinajstić information content (AvgIpc) is 2.56. The Morgan fingerprint density at radius 3 is 2.00 bits per heavy atom. The lowest BCUT2D eigenvalue weighted by Gasteiger charge is -2.32. The van der Waals surface area contributed by atoms with E-state index in [0.29, 0.717) is 5.46 Å². The maximum atomic E-state index is 12.9. The smallest absolute Gasteiger partial charge is 0.399 e. The first-order valence-corrected chi connectivity index (χ1v) is 6.72. The van der Waals surface area contributed by atoms with E-state index < -0.39 is 30.1 Å². The summed E-state index contributed by atoms with van der Waals surface area (Å²) in [6.07, 6.45) is -4.40. The van der Waals surface area contributed by atoms with Crippen LogP contribution in [0.2, 0.25) is 0 Å². The lowest BCUT2D eigenvalue weighted by Crippen LogP contribution is -2.41. The first-order valence-electron chi connectivity index (χ1n) is 6.72. The molecule has 1 saturated heterocycles. The Morgan fingerprint density at radius 1 is 1.05 bits per heavy atom. The number of alkyl halides is 3. The predicted octanol–water partition coefficient (Wildman–Crippen LogP) is 3.05. The second-order valence-corrected chi connectivity index (χ2v) is 6.14. The van der Waals surface area contributed by atoms with Crippen molar-refractivity contribution in [2.45, 2.75) is 45.1 Å². The molecule has 0 aliphatic carbocycles. The number of hydrogen-bond donors (Lipinski definition) is 1. The van der Waals surface area contributed by atoms with E-state index in [1.54, 1.807) is 0 Å². The van der Waals surface area contributed by atoms with Gasteiger partial charge in [0.1, 0.15) is 0 Å². The Labute approximate surface area is 123 Å². The molecular formula is C14H19BF3NO2. The normalized spacial score (nSPS) is 20.7. The molecule has 1 fully saturated rings. The van der Waals surface area contributed by atoms with Gasteiger partial charge >= 0.3 is 13.3 Å². The molecule has 0 radical (unpaired) electrons. The molecule has 0 atom stereocenters. The van der Waals surface area contributed by atoms with Gasteiger partial charge in [0.05, 0.1) is 16.8 Å². The molecule has 2 rings (SSSR count). The molecule has 0 bridgehead atoms. The minimum absolute atomic E-state index is 0.00899. The second kappa shape index (κ2) is 4.92. The zero-order chi connectivity index (χ0) is 16.1. The fourth-order valence-electron chi connectivity index (χ4n) is 2.14. The van der Waals surface area contributed by atoms with Crippen molar-refractivity contribution in [3.05, 3.63) is 23.8 Å². The van der Waals surface area contributed by atoms with Gasteiger partial charge in [-0.05, 0) is 45.3 Å². The Morgan fingerprint density at radius 2 is 1.57 bits per heavy atom. The van der Waals surface area contributed by atoms with Crippen LogP contribution in [-0.4, -0.2) is 25.4 Å². The van der Waals surface area contributed by atoms with Crippen LogP contribution >= 0.6 is 0 Å². The van der Waals surface area contributed by atoms with Gasteiger partial charge < -0.3 is 14.6 Å². The summed E-state index contributed by atoms with van der Waals surface area (Å²) in [6.45, 7) is 7.60. The summed E-state index contributed by atoms with van der Waals surface area (Å²) in [5.74, 6) is 0. The fraction of sp³-hybridized carbons (Fsp3) is 0.571. The van der Waals surface area contributed by atoms with Crippen molar-refractivity contribution in [3.63, 3.8) is 0 Å². The SMILES string of the molecule is CNc1cc(B2OC(C)(C)C(C)(C)O2)ccc1C(F)(F)F. The fourth-order valence-corrected chi connectivity index (χ4v) is 2.14. The predicted molar refractivity (Wildman–Crippen MR) is 76.7 cm³/mol. The van der Waals surface area contributed by atoms with Gasteiger partial charge in [-0.3, -0.25) is 0 Å². The van der Waals surface area contributed by atoms with Gasteiger partial charge in [0.25, 0.3) is 0 Å². The third kappa shape index (κ3) is 2.89. The van der Waals surface area contributed by atoms with Crippen molar-refractivity contribution < 1.29 is 22.5 Å². The molecule has 1 aliphatic heterocycles. The first kappa shape index (κ1) is 16.2. The summed E-state index contributed by atoms with van der Waals surface area (Å²) in [4.78, 5) is 0. The van der Waals surface area contributed by atoms with E-state index in [4.69, 9.17) is 9.31 Å². The summed E-state index contributed by atoms with van der Waals surface area (Å²) >= 11 is 0. The molecule has 1 aromatic rings. The van der Waals surface area contributed by atoms with Crippen LogP contribution in [0.1, 0.15) is 33.3 Å². The first-order chi connectivity index (χ1) is 9.48. The van der Waals surface area contributed by atoms with E-state index in [1.165, 1.54) is 19.2 Å². The maximum Gasteiger partial charge on any atom is 0.494 e. The summed E-state index contributed by atoms with van der Waals surface area (Å²) in [6, 6.07) is 3.86. The van der Waals surface area contributed by atoms with Crippen LogP contribution in [-0.2, 0) is 15.5 Å². The number of rotatable bonds is 2. The third-order valence-corrected chi connectivity index (χ3v) is 4.14. The molecule has 0 spiro atoms. The molecule has 3 nitrogen and oxygen atoms in total. The summed E-state index contributed by atoms with van der Waals surface area (Å²) in [5, 5.41) is 2.58. The van der Waals surface area contributed by atoms with Crippen molar-refractivity contribution in [2.24, 2.45) is 0 Å². The van der Waals surface area contributed by atoms with E-state index >= 15 is 0 Å². The van der Waals surface area contributed by atoms with Crippen LogP contribution in [0.15, 0.2) is 18.2 Å². The monoisotopic (exact) mass is 301 g/mol. The van der Waals surface area contributed by atoms with Crippen LogP contribution in [0.25, 0.3) is 0 Å². The number of anilines is 1. The van der Waals surface area contributed by atoms with Crippen molar-refractivity contribution in [1.29, 1.82) is 0 Å². The van der Waals surface area contributed by atoms with Gasteiger partial charge in [-0.25, -0.2) is 0 Å². The lowest BCUT2D eigenvalue weighted by molar-refractivity contribution is -0.136. The highest BCUT2D eigenvalue weighted by Crippen LogP contribution is 2.38. The van der Waals surface area contributed by atoms with Crippen molar-refractivity contribution in [3.8, 4) is 0 Å². The molecule has 7 heteroatoms. The van der Waals surface area contributed by atoms with Crippen LogP contribution < -0.4 is 10.8 Å². The number of nitrogens with one attached hydrogen (secondary N) is 1. The van der Waals surface area contributed by atoms with Gasteiger partial charge in [0, 0.05) is 12.7 Å². The Kier molecular flexibility index (Phi) is 3.79. The Balaban J connectivity index is 2.36. The minimum Gasteiger partial charge on any atom is -0.399 e. The molecular weight excluding hydrogens is 282 g/mol. The Hall–Kier alpha value is -1.21. The summed E-state index contributed by atoms with van der Waals surface area (Å²) in [7, 11) is 0.780. The molecule has 116 valence electrons. The number of halogens is 3. The minimum atomic E-state index is -4.40. The van der Waals surface area contributed by atoms with Crippen molar-refractivity contribution in [2.75, 3.05) is 12.4 Å². The van der Waals surface area contributed by atoms with Crippen molar-refractivity contribution >= 4 is 18.3 Å². The zero-order valence-electron chi connectivity index (χ0n) is 12.8. The average molecular weight is 301 g/mol. The van der Waals surface area contributed by atoms with Gasteiger partial charge in [-0.1, -0.05) is 6.07 Å². The molecule has 1 N–H and O–H groups in total. The molecule has 0 amide bonds.